The van der Waals surface area contributed by atoms with Gasteiger partial charge < -0.3 is 10.4 Å². The number of pyridine rings is 1. The van der Waals surface area contributed by atoms with Gasteiger partial charge in [-0.25, -0.2) is 0 Å². The molecule has 2 aromatic rings. The van der Waals surface area contributed by atoms with Gasteiger partial charge in [-0.05, 0) is 17.7 Å². The minimum Gasteiger partial charge on any atom is -0.392 e. The zero-order valence-corrected chi connectivity index (χ0v) is 11.6. The third-order valence-corrected chi connectivity index (χ3v) is 4.54. The summed E-state index contributed by atoms with van der Waals surface area (Å²) in [5.74, 6) is 0.549. The molecule has 2 heterocycles. The number of carbonyl (C=O) groups excluding carboxylic acids is 1. The fourth-order valence-electron chi connectivity index (χ4n) is 2.27. The highest BCUT2D eigenvalue weighted by atomic mass is 32.2. The summed E-state index contributed by atoms with van der Waals surface area (Å²) in [7, 11) is 0. The molecular weight excluding hydrogens is 272 g/mol. The molecule has 5 heteroatoms. The van der Waals surface area contributed by atoms with Crippen molar-refractivity contribution in [3.8, 4) is 0 Å². The van der Waals surface area contributed by atoms with Crippen LogP contribution in [0.25, 0.3) is 0 Å². The third kappa shape index (κ3) is 2.42. The van der Waals surface area contributed by atoms with E-state index in [4.69, 9.17) is 0 Å². The Morgan fingerprint density at radius 3 is 3.10 bits per heavy atom. The maximum atomic E-state index is 12.4. The van der Waals surface area contributed by atoms with Crippen LogP contribution in [0.3, 0.4) is 0 Å². The summed E-state index contributed by atoms with van der Waals surface area (Å²) in [6.07, 6.45) is 3.17. The summed E-state index contributed by atoms with van der Waals surface area (Å²) < 4.78 is 0. The van der Waals surface area contributed by atoms with Crippen molar-refractivity contribution in [1.29, 1.82) is 0 Å². The van der Waals surface area contributed by atoms with Gasteiger partial charge in [-0.3, -0.25) is 9.78 Å². The molecule has 1 aliphatic heterocycles. The first-order chi connectivity index (χ1) is 9.79. The number of carbonyl (C=O) groups is 1. The lowest BCUT2D eigenvalue weighted by atomic mass is 10.0. The minimum absolute atomic E-state index is 0.0508. The summed E-state index contributed by atoms with van der Waals surface area (Å²) in [4.78, 5) is 17.6. The topological polar surface area (TPSA) is 62.2 Å². The Balaban J connectivity index is 1.81. The number of thioether (sulfide) groups is 1. The number of nitrogens with one attached hydrogen (secondary N) is 1. The van der Waals surface area contributed by atoms with E-state index in [9.17, 15) is 9.90 Å². The van der Waals surface area contributed by atoms with Crippen LogP contribution in [0.4, 0.5) is 5.69 Å². The molecule has 2 N–H and O–H groups in total. The van der Waals surface area contributed by atoms with Gasteiger partial charge in [0.25, 0.3) is 0 Å². The lowest BCUT2D eigenvalue weighted by Crippen LogP contribution is -2.21. The third-order valence-electron chi connectivity index (χ3n) is 3.36. The van der Waals surface area contributed by atoms with Crippen molar-refractivity contribution in [1.82, 2.24) is 4.98 Å². The van der Waals surface area contributed by atoms with E-state index in [1.165, 1.54) is 4.90 Å². The van der Waals surface area contributed by atoms with Crippen molar-refractivity contribution < 1.29 is 9.90 Å². The Kier molecular flexibility index (Phi) is 3.71. The molecule has 102 valence electrons. The van der Waals surface area contributed by atoms with Gasteiger partial charge in [0.1, 0.15) is 0 Å². The van der Waals surface area contributed by atoms with Gasteiger partial charge in [-0.1, -0.05) is 18.2 Å². The predicted molar refractivity (Wildman–Crippen MR) is 78.7 cm³/mol. The number of aliphatic hydroxyl groups is 1. The van der Waals surface area contributed by atoms with Crippen LogP contribution >= 0.6 is 11.8 Å². The number of aliphatic hydroxyl groups excluding tert-OH is 1. The zero-order valence-electron chi connectivity index (χ0n) is 10.7. The largest absolute Gasteiger partial charge is 0.392 e. The quantitative estimate of drug-likeness (QED) is 0.909. The Labute approximate surface area is 121 Å². The van der Waals surface area contributed by atoms with Gasteiger partial charge in [0.2, 0.25) is 5.91 Å². The molecule has 3 rings (SSSR count). The maximum Gasteiger partial charge on any atom is 0.232 e. The molecule has 1 aromatic heterocycles. The van der Waals surface area contributed by atoms with E-state index >= 15 is 0 Å². The van der Waals surface area contributed by atoms with Gasteiger partial charge in [0, 0.05) is 22.4 Å². The highest BCUT2D eigenvalue weighted by Crippen LogP contribution is 2.39. The number of amides is 1. The van der Waals surface area contributed by atoms with E-state index in [0.29, 0.717) is 11.3 Å². The van der Waals surface area contributed by atoms with Crippen LogP contribution < -0.4 is 5.32 Å². The second-order valence-electron chi connectivity index (χ2n) is 4.58. The number of hydrogen-bond donors (Lipinski definition) is 2. The van der Waals surface area contributed by atoms with Crippen LogP contribution in [0.5, 0.6) is 0 Å². The SMILES string of the molecule is O=C(Nc1cnccc1CO)C1CSc2ccccc21. The van der Waals surface area contributed by atoms with Crippen LogP contribution in [0.2, 0.25) is 0 Å². The first-order valence-electron chi connectivity index (χ1n) is 6.36. The highest BCUT2D eigenvalue weighted by molar-refractivity contribution is 7.99. The summed E-state index contributed by atoms with van der Waals surface area (Å²) >= 11 is 1.70. The molecule has 4 nitrogen and oxygen atoms in total. The van der Waals surface area contributed by atoms with E-state index in [-0.39, 0.29) is 18.4 Å². The van der Waals surface area contributed by atoms with E-state index in [1.54, 1.807) is 30.2 Å². The molecule has 0 saturated carbocycles. The van der Waals surface area contributed by atoms with Gasteiger partial charge in [-0.15, -0.1) is 11.8 Å². The average molecular weight is 286 g/mol. The van der Waals surface area contributed by atoms with Gasteiger partial charge >= 0.3 is 0 Å². The van der Waals surface area contributed by atoms with Crippen molar-refractivity contribution in [2.45, 2.75) is 17.4 Å². The number of anilines is 1. The van der Waals surface area contributed by atoms with Crippen molar-refractivity contribution in [3.05, 3.63) is 53.9 Å². The van der Waals surface area contributed by atoms with Gasteiger partial charge in [0.05, 0.1) is 24.4 Å². The monoisotopic (exact) mass is 286 g/mol. The second-order valence-corrected chi connectivity index (χ2v) is 5.64. The molecule has 1 amide bonds. The number of fused-ring (bicyclic) bond motifs is 1. The molecule has 0 saturated heterocycles. The first kappa shape index (κ1) is 13.1. The Bertz CT molecular complexity index is 645. The number of hydrogen-bond acceptors (Lipinski definition) is 4. The molecule has 1 aliphatic rings. The fourth-order valence-corrected chi connectivity index (χ4v) is 3.50. The number of nitrogens with zero attached hydrogens (tertiary/aromatic N) is 1. The second kappa shape index (κ2) is 5.64. The van der Waals surface area contributed by atoms with Crippen molar-refractivity contribution in [2.24, 2.45) is 0 Å². The van der Waals surface area contributed by atoms with Crippen molar-refractivity contribution >= 4 is 23.4 Å². The molecule has 0 spiro atoms. The standard InChI is InChI=1S/C15H14N2O2S/c18-8-10-5-6-16-7-13(10)17-15(19)12-9-20-14-4-2-1-3-11(12)14/h1-7,12,18H,8-9H2,(H,17,19). The average Bonchev–Trinajstić information content (AvgIpc) is 2.92. The first-order valence-corrected chi connectivity index (χ1v) is 7.34. The van der Waals surface area contributed by atoms with E-state index in [0.717, 1.165) is 11.3 Å². The lowest BCUT2D eigenvalue weighted by Gasteiger charge is -2.13. The van der Waals surface area contributed by atoms with E-state index in [2.05, 4.69) is 10.3 Å². The van der Waals surface area contributed by atoms with Crippen LogP contribution in [-0.2, 0) is 11.4 Å². The zero-order chi connectivity index (χ0) is 13.9. The number of benzene rings is 1. The smallest absolute Gasteiger partial charge is 0.232 e. The summed E-state index contributed by atoms with van der Waals surface area (Å²) in [5.41, 5.74) is 2.33. The predicted octanol–water partition coefficient (Wildman–Crippen LogP) is 2.40. The van der Waals surface area contributed by atoms with E-state index < -0.39 is 0 Å². The summed E-state index contributed by atoms with van der Waals surface area (Å²) in [5, 5.41) is 12.1. The fraction of sp³-hybridized carbons (Fsp3) is 0.200. The van der Waals surface area contributed by atoms with Crippen LogP contribution in [0, 0.1) is 0 Å². The van der Waals surface area contributed by atoms with Crippen molar-refractivity contribution in [2.75, 3.05) is 11.1 Å². The lowest BCUT2D eigenvalue weighted by molar-refractivity contribution is -0.117. The molecule has 0 fully saturated rings. The maximum absolute atomic E-state index is 12.4. The molecule has 1 atom stereocenters. The number of aromatic nitrogens is 1. The van der Waals surface area contributed by atoms with Crippen LogP contribution in [0.15, 0.2) is 47.6 Å². The normalized spacial score (nSPS) is 16.8. The van der Waals surface area contributed by atoms with Gasteiger partial charge in [0.15, 0.2) is 0 Å². The number of rotatable bonds is 3. The van der Waals surface area contributed by atoms with Gasteiger partial charge in [-0.2, -0.15) is 0 Å². The molecule has 0 aliphatic carbocycles. The molecule has 20 heavy (non-hydrogen) atoms. The van der Waals surface area contributed by atoms with Crippen molar-refractivity contribution in [3.63, 3.8) is 0 Å². The summed E-state index contributed by atoms with van der Waals surface area (Å²) in [6.45, 7) is -0.117. The molecule has 0 bridgehead atoms. The van der Waals surface area contributed by atoms with E-state index in [1.807, 2.05) is 24.3 Å². The minimum atomic E-state index is -0.150. The molecule has 0 radical (unpaired) electrons. The molecular formula is C15H14N2O2S. The molecule has 1 aromatic carbocycles. The van der Waals surface area contributed by atoms with Crippen LogP contribution in [0.1, 0.15) is 17.0 Å². The Morgan fingerprint density at radius 2 is 2.25 bits per heavy atom. The van der Waals surface area contributed by atoms with Crippen LogP contribution in [-0.4, -0.2) is 21.8 Å². The summed E-state index contributed by atoms with van der Waals surface area (Å²) in [6, 6.07) is 9.67. The Morgan fingerprint density at radius 1 is 1.40 bits per heavy atom. The highest BCUT2D eigenvalue weighted by Gasteiger charge is 2.29. The Hall–Kier alpha value is -1.85. The molecule has 1 unspecified atom stereocenters.